The molecule has 56 valence electrons. The van der Waals surface area contributed by atoms with Gasteiger partial charge < -0.3 is 4.74 Å². The number of ether oxygens (including phenoxy) is 1. The first-order valence-electron chi connectivity index (χ1n) is 3.82. The molecule has 0 amide bonds. The maximum atomic E-state index is 11.1. The molecule has 1 heterocycles. The van der Waals surface area contributed by atoms with E-state index in [4.69, 9.17) is 4.74 Å². The first-order valence-corrected chi connectivity index (χ1v) is 3.82. The number of rotatable bonds is 1. The predicted molar refractivity (Wildman–Crippen MR) is 36.8 cm³/mol. The Bertz CT molecular complexity index is 195. The Morgan fingerprint density at radius 3 is 2.40 bits per heavy atom. The van der Waals surface area contributed by atoms with E-state index in [1.54, 1.807) is 6.92 Å². The molecule has 0 aromatic carbocycles. The third-order valence-electron chi connectivity index (χ3n) is 2.96. The Balaban J connectivity index is 2.28. The molecule has 0 N–H and O–H groups in total. The standard InChI is InChI=1S/C8H12O2/c1-6(9)8-5-3-4-7(8,2)10-8/h3-5H2,1-2H3. The highest BCUT2D eigenvalue weighted by molar-refractivity contribution is 5.90. The Morgan fingerprint density at radius 2 is 2.20 bits per heavy atom. The van der Waals surface area contributed by atoms with Gasteiger partial charge in [0.25, 0.3) is 0 Å². The number of carbonyl (C=O) groups is 1. The van der Waals surface area contributed by atoms with Crippen molar-refractivity contribution >= 4 is 5.78 Å². The topological polar surface area (TPSA) is 29.6 Å². The molecule has 0 spiro atoms. The summed E-state index contributed by atoms with van der Waals surface area (Å²) in [7, 11) is 0. The largest absolute Gasteiger partial charge is 0.355 e. The van der Waals surface area contributed by atoms with Crippen molar-refractivity contribution in [3.05, 3.63) is 0 Å². The van der Waals surface area contributed by atoms with Crippen molar-refractivity contribution in [2.24, 2.45) is 0 Å². The molecular formula is C8H12O2. The van der Waals surface area contributed by atoms with E-state index in [-0.39, 0.29) is 17.0 Å². The van der Waals surface area contributed by atoms with E-state index in [9.17, 15) is 4.79 Å². The minimum absolute atomic E-state index is 0.0706. The highest BCUT2D eigenvalue weighted by atomic mass is 16.6. The first-order chi connectivity index (χ1) is 4.61. The molecule has 2 fully saturated rings. The van der Waals surface area contributed by atoms with E-state index in [0.717, 1.165) is 19.3 Å². The van der Waals surface area contributed by atoms with Gasteiger partial charge in [0.05, 0.1) is 0 Å². The molecule has 2 heteroatoms. The normalized spacial score (nSPS) is 50.6. The molecule has 2 nitrogen and oxygen atoms in total. The minimum Gasteiger partial charge on any atom is -0.355 e. The van der Waals surface area contributed by atoms with Crippen LogP contribution in [0.3, 0.4) is 0 Å². The van der Waals surface area contributed by atoms with Crippen molar-refractivity contribution in [1.82, 2.24) is 0 Å². The smallest absolute Gasteiger partial charge is 0.164 e. The third-order valence-corrected chi connectivity index (χ3v) is 2.96. The van der Waals surface area contributed by atoms with Gasteiger partial charge in [-0.25, -0.2) is 0 Å². The lowest BCUT2D eigenvalue weighted by Crippen LogP contribution is -2.25. The summed E-state index contributed by atoms with van der Waals surface area (Å²) in [5.74, 6) is 0.215. The van der Waals surface area contributed by atoms with Gasteiger partial charge in [-0.05, 0) is 33.1 Å². The highest BCUT2D eigenvalue weighted by Gasteiger charge is 2.72. The molecule has 1 saturated carbocycles. The van der Waals surface area contributed by atoms with E-state index >= 15 is 0 Å². The summed E-state index contributed by atoms with van der Waals surface area (Å²) in [6.07, 6.45) is 3.15. The maximum Gasteiger partial charge on any atom is 0.164 e. The van der Waals surface area contributed by atoms with Gasteiger partial charge in [0.15, 0.2) is 11.4 Å². The van der Waals surface area contributed by atoms with Crippen molar-refractivity contribution in [1.29, 1.82) is 0 Å². The van der Waals surface area contributed by atoms with Crippen LogP contribution < -0.4 is 0 Å². The average molecular weight is 140 g/mol. The third kappa shape index (κ3) is 0.473. The summed E-state index contributed by atoms with van der Waals surface area (Å²) >= 11 is 0. The van der Waals surface area contributed by atoms with Gasteiger partial charge in [-0.1, -0.05) is 0 Å². The highest BCUT2D eigenvalue weighted by Crippen LogP contribution is 2.59. The molecule has 2 rings (SSSR count). The fourth-order valence-electron chi connectivity index (χ4n) is 2.22. The molecule has 0 radical (unpaired) electrons. The van der Waals surface area contributed by atoms with Crippen molar-refractivity contribution in [2.75, 3.05) is 0 Å². The molecule has 0 bridgehead atoms. The molecule has 2 aliphatic rings. The van der Waals surface area contributed by atoms with Gasteiger partial charge >= 0.3 is 0 Å². The second-order valence-corrected chi connectivity index (χ2v) is 3.57. The van der Waals surface area contributed by atoms with Gasteiger partial charge in [-0.2, -0.15) is 0 Å². The molecule has 2 unspecified atom stereocenters. The van der Waals surface area contributed by atoms with Gasteiger partial charge in [0.1, 0.15) is 5.60 Å². The minimum atomic E-state index is -0.340. The number of ketones is 1. The van der Waals surface area contributed by atoms with Crippen LogP contribution in [0.4, 0.5) is 0 Å². The fourth-order valence-corrected chi connectivity index (χ4v) is 2.22. The number of fused-ring (bicyclic) bond motifs is 1. The first kappa shape index (κ1) is 6.35. The summed E-state index contributed by atoms with van der Waals surface area (Å²) in [5.41, 5.74) is -0.411. The summed E-state index contributed by atoms with van der Waals surface area (Å²) in [5, 5.41) is 0. The van der Waals surface area contributed by atoms with E-state index < -0.39 is 0 Å². The Hall–Kier alpha value is -0.370. The zero-order valence-electron chi connectivity index (χ0n) is 6.44. The lowest BCUT2D eigenvalue weighted by molar-refractivity contribution is -0.122. The van der Waals surface area contributed by atoms with E-state index in [2.05, 4.69) is 0 Å². The van der Waals surface area contributed by atoms with Crippen LogP contribution in [0.2, 0.25) is 0 Å². The average Bonchev–Trinajstić information content (AvgIpc) is 2.29. The molecule has 1 aliphatic heterocycles. The lowest BCUT2D eigenvalue weighted by Gasteiger charge is -2.01. The molecule has 10 heavy (non-hydrogen) atoms. The van der Waals surface area contributed by atoms with Crippen LogP contribution in [0.25, 0.3) is 0 Å². The zero-order chi connectivity index (χ0) is 7.41. The molecular weight excluding hydrogens is 128 g/mol. The Kier molecular flexibility index (Phi) is 0.919. The van der Waals surface area contributed by atoms with Crippen molar-refractivity contribution in [3.8, 4) is 0 Å². The Morgan fingerprint density at radius 1 is 1.50 bits per heavy atom. The van der Waals surface area contributed by atoms with Crippen LogP contribution in [0.15, 0.2) is 0 Å². The Labute approximate surface area is 60.6 Å². The van der Waals surface area contributed by atoms with Crippen LogP contribution in [-0.2, 0) is 9.53 Å². The second kappa shape index (κ2) is 1.45. The number of hydrogen-bond acceptors (Lipinski definition) is 2. The van der Waals surface area contributed by atoms with Crippen LogP contribution >= 0.6 is 0 Å². The number of Topliss-reactive ketones (excluding diaryl/α,β-unsaturated/α-hetero) is 1. The van der Waals surface area contributed by atoms with Crippen LogP contribution in [-0.4, -0.2) is 17.0 Å². The van der Waals surface area contributed by atoms with Gasteiger partial charge in [0, 0.05) is 0 Å². The van der Waals surface area contributed by atoms with Gasteiger partial charge in [0.2, 0.25) is 0 Å². The molecule has 0 aromatic heterocycles. The number of carbonyl (C=O) groups excluding carboxylic acids is 1. The molecule has 2 atom stereocenters. The van der Waals surface area contributed by atoms with Gasteiger partial charge in [-0.3, -0.25) is 4.79 Å². The lowest BCUT2D eigenvalue weighted by atomic mass is 9.95. The summed E-state index contributed by atoms with van der Waals surface area (Å²) in [6, 6.07) is 0. The fraction of sp³-hybridized carbons (Fsp3) is 0.875. The SMILES string of the molecule is CC(=O)C12CCCC1(C)O2. The zero-order valence-corrected chi connectivity index (χ0v) is 6.44. The maximum absolute atomic E-state index is 11.1. The summed E-state index contributed by atoms with van der Waals surface area (Å²) < 4.78 is 5.44. The molecule has 1 saturated heterocycles. The molecule has 0 aromatic rings. The summed E-state index contributed by atoms with van der Waals surface area (Å²) in [4.78, 5) is 11.1. The van der Waals surface area contributed by atoms with E-state index in [1.807, 2.05) is 6.92 Å². The van der Waals surface area contributed by atoms with E-state index in [1.165, 1.54) is 0 Å². The number of hydrogen-bond donors (Lipinski definition) is 0. The van der Waals surface area contributed by atoms with Crippen LogP contribution in [0.1, 0.15) is 33.1 Å². The second-order valence-electron chi connectivity index (χ2n) is 3.57. The van der Waals surface area contributed by atoms with Crippen molar-refractivity contribution in [2.45, 2.75) is 44.3 Å². The predicted octanol–water partition coefficient (Wildman–Crippen LogP) is 1.29. The number of epoxide rings is 1. The quantitative estimate of drug-likeness (QED) is 0.513. The van der Waals surface area contributed by atoms with Crippen molar-refractivity contribution in [3.63, 3.8) is 0 Å². The molecule has 1 aliphatic carbocycles. The van der Waals surface area contributed by atoms with E-state index in [0.29, 0.717) is 0 Å². The van der Waals surface area contributed by atoms with Gasteiger partial charge in [-0.15, -0.1) is 0 Å². The summed E-state index contributed by atoms with van der Waals surface area (Å²) in [6.45, 7) is 3.68. The van der Waals surface area contributed by atoms with Crippen LogP contribution in [0, 0.1) is 0 Å². The van der Waals surface area contributed by atoms with Crippen molar-refractivity contribution < 1.29 is 9.53 Å². The van der Waals surface area contributed by atoms with Crippen LogP contribution in [0.5, 0.6) is 0 Å². The monoisotopic (exact) mass is 140 g/mol.